The van der Waals surface area contributed by atoms with Gasteiger partial charge in [-0.05, 0) is 30.1 Å². The van der Waals surface area contributed by atoms with E-state index in [0.717, 1.165) is 23.7 Å². The molecule has 0 aromatic heterocycles. The summed E-state index contributed by atoms with van der Waals surface area (Å²) in [5, 5.41) is 4.42. The minimum atomic E-state index is 0. The van der Waals surface area contributed by atoms with Gasteiger partial charge in [0.1, 0.15) is 0 Å². The van der Waals surface area contributed by atoms with Crippen LogP contribution in [0.3, 0.4) is 0 Å². The number of halogens is 2. The molecule has 0 radical (unpaired) electrons. The summed E-state index contributed by atoms with van der Waals surface area (Å²) in [6, 6.07) is 13.6. The minimum absolute atomic E-state index is 0. The predicted molar refractivity (Wildman–Crippen MR) is 124 cm³/mol. The van der Waals surface area contributed by atoms with Crippen LogP contribution in [0.15, 0.2) is 60.7 Å². The molecule has 0 amide bonds. The van der Waals surface area contributed by atoms with E-state index in [1.807, 2.05) is 0 Å². The molecule has 4 heteroatoms. The topological polar surface area (TPSA) is 0 Å². The molecule has 2 aromatic carbocycles. The second-order valence-electron chi connectivity index (χ2n) is 8.86. The molecule has 2 aromatic rings. The van der Waals surface area contributed by atoms with Gasteiger partial charge in [-0.15, -0.1) is 52.3 Å². The van der Waals surface area contributed by atoms with Gasteiger partial charge >= 0.3 is 21.7 Å². The third kappa shape index (κ3) is 8.88. The molecule has 0 bridgehead atoms. The van der Waals surface area contributed by atoms with Crippen LogP contribution in [0.25, 0.3) is 10.8 Å². The van der Waals surface area contributed by atoms with Crippen molar-refractivity contribution >= 4 is 24.0 Å². The fourth-order valence-corrected chi connectivity index (χ4v) is 7.15. The molecular weight excluding hydrogens is 462 g/mol. The first-order chi connectivity index (χ1) is 13.0. The van der Waals surface area contributed by atoms with Gasteiger partial charge in [0, 0.05) is 0 Å². The quantitative estimate of drug-likeness (QED) is 0.333. The average molecular weight is 497 g/mol. The smallest absolute Gasteiger partial charge is 1.00 e. The zero-order valence-electron chi connectivity index (χ0n) is 18.7. The Morgan fingerprint density at radius 3 is 2.20 bits per heavy atom. The standard InChI is InChI=1S/C17H24P.C9H11.2ClH.Ti/c1-13(2)11-18(12-14(3)4)17-9-15-7-5-6-8-16(15)10-17;1-2-5-9-7-3-6-8(9)4-1;;;/h5-10,13-14H,11-12H2,1-4H3;1-2,4-6,8-9H,3,7H2;2*1H;/q2*-1;;;+4/p-2. The molecule has 162 valence electrons. The van der Waals surface area contributed by atoms with E-state index in [4.69, 9.17) is 0 Å². The van der Waals surface area contributed by atoms with Gasteiger partial charge in [-0.25, -0.2) is 0 Å². The molecule has 1 saturated carbocycles. The number of hydrogen-bond acceptors (Lipinski definition) is 0. The Bertz CT molecular complexity index is 717. The van der Waals surface area contributed by atoms with Crippen molar-refractivity contribution in [1.82, 2.24) is 0 Å². The van der Waals surface area contributed by atoms with Crippen molar-refractivity contribution in [3.05, 3.63) is 67.1 Å². The van der Waals surface area contributed by atoms with Gasteiger partial charge in [-0.1, -0.05) is 66.3 Å². The van der Waals surface area contributed by atoms with Gasteiger partial charge in [0.2, 0.25) is 0 Å². The third-order valence-electron chi connectivity index (χ3n) is 5.37. The summed E-state index contributed by atoms with van der Waals surface area (Å²) >= 11 is 0. The molecule has 4 rings (SSSR count). The SMILES string of the molecule is C1=CC2[CH-]CCC2C=C1.CC(C)CP(CC(C)C)c1cc2ccccc2[cH-]1.[Cl-].[Cl-].[Ti+4]. The van der Waals surface area contributed by atoms with Crippen molar-refractivity contribution in [3.63, 3.8) is 0 Å². The maximum atomic E-state index is 2.42. The normalized spacial score (nSPS) is 19.0. The number of benzene rings is 1. The molecule has 0 nitrogen and oxygen atoms in total. The van der Waals surface area contributed by atoms with Crippen LogP contribution < -0.4 is 30.1 Å². The van der Waals surface area contributed by atoms with E-state index in [2.05, 4.69) is 94.8 Å². The molecule has 1 fully saturated rings. The molecule has 0 heterocycles. The zero-order chi connectivity index (χ0) is 19.2. The van der Waals surface area contributed by atoms with E-state index >= 15 is 0 Å². The van der Waals surface area contributed by atoms with E-state index in [9.17, 15) is 0 Å². The van der Waals surface area contributed by atoms with Gasteiger partial charge < -0.3 is 31.2 Å². The van der Waals surface area contributed by atoms with Crippen LogP contribution >= 0.6 is 7.92 Å². The van der Waals surface area contributed by atoms with Crippen LogP contribution in [0.5, 0.6) is 0 Å². The van der Waals surface area contributed by atoms with E-state index in [1.54, 1.807) is 5.30 Å². The molecule has 30 heavy (non-hydrogen) atoms. The van der Waals surface area contributed by atoms with Crippen molar-refractivity contribution in [1.29, 1.82) is 0 Å². The van der Waals surface area contributed by atoms with E-state index in [1.165, 1.54) is 35.9 Å². The van der Waals surface area contributed by atoms with Crippen molar-refractivity contribution in [2.45, 2.75) is 40.5 Å². The van der Waals surface area contributed by atoms with Crippen molar-refractivity contribution < 1.29 is 46.5 Å². The maximum absolute atomic E-state index is 2.42. The fourth-order valence-electron chi connectivity index (χ4n) is 4.18. The average Bonchev–Trinajstić information content (AvgIpc) is 3.27. The number of rotatable bonds is 5. The first-order valence-electron chi connectivity index (χ1n) is 10.6. The van der Waals surface area contributed by atoms with Crippen LogP contribution in [0.4, 0.5) is 0 Å². The summed E-state index contributed by atoms with van der Waals surface area (Å²) in [6.45, 7) is 9.38. The van der Waals surface area contributed by atoms with E-state index in [0.29, 0.717) is 0 Å². The number of allylic oxidation sites excluding steroid dienone is 4. The monoisotopic (exact) mass is 496 g/mol. The summed E-state index contributed by atoms with van der Waals surface area (Å²) in [6.07, 6.45) is 16.8. The molecule has 2 unspecified atom stereocenters. The molecule has 2 atom stereocenters. The Hall–Kier alpha value is 0.0343. The summed E-state index contributed by atoms with van der Waals surface area (Å²) < 4.78 is 0. The van der Waals surface area contributed by atoms with Gasteiger partial charge in [-0.3, -0.25) is 0 Å². The van der Waals surface area contributed by atoms with Crippen molar-refractivity contribution in [2.24, 2.45) is 23.7 Å². The summed E-state index contributed by atoms with van der Waals surface area (Å²) in [7, 11) is 0.0185. The molecule has 0 aliphatic heterocycles. The summed E-state index contributed by atoms with van der Waals surface area (Å²) in [5.41, 5.74) is 0. The number of fused-ring (bicyclic) bond motifs is 2. The molecular formula is C26H35Cl2PTi. The van der Waals surface area contributed by atoms with Gasteiger partial charge in [-0.2, -0.15) is 12.5 Å². The van der Waals surface area contributed by atoms with Crippen LogP contribution in [0.2, 0.25) is 0 Å². The first kappa shape index (κ1) is 30.0. The Morgan fingerprint density at radius 1 is 0.967 bits per heavy atom. The third-order valence-corrected chi connectivity index (χ3v) is 8.71. The van der Waals surface area contributed by atoms with Crippen molar-refractivity contribution in [2.75, 3.05) is 12.3 Å². The maximum Gasteiger partial charge on any atom is 4.00 e. The summed E-state index contributed by atoms with van der Waals surface area (Å²) in [5.74, 6) is 3.21. The zero-order valence-corrected chi connectivity index (χ0v) is 22.7. The minimum Gasteiger partial charge on any atom is -1.00 e. The van der Waals surface area contributed by atoms with Gasteiger partial charge in [0.15, 0.2) is 0 Å². The second kappa shape index (κ2) is 15.0. The predicted octanol–water partition coefficient (Wildman–Crippen LogP) is 1.33. The van der Waals surface area contributed by atoms with Gasteiger partial charge in [0.25, 0.3) is 0 Å². The van der Waals surface area contributed by atoms with Crippen molar-refractivity contribution in [3.8, 4) is 0 Å². The first-order valence-corrected chi connectivity index (χ1v) is 12.3. The molecule has 0 saturated heterocycles. The fraction of sp³-hybridized carbons (Fsp3) is 0.462. The second-order valence-corrected chi connectivity index (χ2v) is 11.2. The molecule has 2 aliphatic rings. The Kier molecular flexibility index (Phi) is 15.0. The van der Waals surface area contributed by atoms with Crippen LogP contribution in [-0.2, 0) is 21.7 Å². The van der Waals surface area contributed by atoms with Gasteiger partial charge in [0.05, 0.1) is 0 Å². The molecule has 0 spiro atoms. The summed E-state index contributed by atoms with van der Waals surface area (Å²) in [4.78, 5) is 0. The van der Waals surface area contributed by atoms with Crippen LogP contribution in [0.1, 0.15) is 40.5 Å². The van der Waals surface area contributed by atoms with Crippen LogP contribution in [0, 0.1) is 30.1 Å². The van der Waals surface area contributed by atoms with E-state index < -0.39 is 0 Å². The van der Waals surface area contributed by atoms with E-state index in [-0.39, 0.29) is 54.5 Å². The Balaban J connectivity index is 0.000000597. The molecule has 2 aliphatic carbocycles. The largest absolute Gasteiger partial charge is 4.00 e. The Labute approximate surface area is 213 Å². The molecule has 0 N–H and O–H groups in total. The number of hydrogen-bond donors (Lipinski definition) is 0. The Morgan fingerprint density at radius 2 is 1.60 bits per heavy atom. The van der Waals surface area contributed by atoms with Crippen LogP contribution in [-0.4, -0.2) is 12.3 Å².